The maximum atomic E-state index is 11.3. The van der Waals surface area contributed by atoms with Crippen LogP contribution in [0.5, 0.6) is 0 Å². The van der Waals surface area contributed by atoms with E-state index >= 15 is 0 Å². The van der Waals surface area contributed by atoms with Gasteiger partial charge in [-0.2, -0.15) is 0 Å². The molecule has 3 nitrogen and oxygen atoms in total. The van der Waals surface area contributed by atoms with E-state index in [9.17, 15) is 9.59 Å². The van der Waals surface area contributed by atoms with E-state index in [0.29, 0.717) is 11.1 Å². The molecule has 0 saturated carbocycles. The fourth-order valence-electron chi connectivity index (χ4n) is 1.05. The molecule has 0 aromatic carbocycles. The molecule has 0 aromatic rings. The first-order chi connectivity index (χ1) is 5.57. The van der Waals surface area contributed by atoms with Crippen molar-refractivity contribution < 1.29 is 14.7 Å². The summed E-state index contributed by atoms with van der Waals surface area (Å²) in [6.45, 7) is 2.84. The van der Waals surface area contributed by atoms with E-state index in [4.69, 9.17) is 5.11 Å². The minimum absolute atomic E-state index is 0.183. The van der Waals surface area contributed by atoms with Crippen LogP contribution in [-0.4, -0.2) is 23.3 Å². The summed E-state index contributed by atoms with van der Waals surface area (Å²) in [6.07, 6.45) is 1.20. The minimum atomic E-state index is -0.366. The number of carbonyl (C=O) groups is 2. The van der Waals surface area contributed by atoms with Crippen molar-refractivity contribution in [3.63, 3.8) is 0 Å². The lowest BCUT2D eigenvalue weighted by Gasteiger charge is -2.11. The summed E-state index contributed by atoms with van der Waals surface area (Å²) in [5.74, 6) is -0.411. The highest BCUT2D eigenvalue weighted by Gasteiger charge is 2.21. The first-order valence-corrected chi connectivity index (χ1v) is 3.66. The summed E-state index contributed by atoms with van der Waals surface area (Å²) in [7, 11) is 0. The van der Waals surface area contributed by atoms with Gasteiger partial charge in [0.05, 0.1) is 6.61 Å². The van der Waals surface area contributed by atoms with Crippen LogP contribution in [0.25, 0.3) is 0 Å². The third-order valence-electron chi connectivity index (χ3n) is 2.04. The standard InChI is InChI=1S/C9H10O3/c1-5-6(2)9(12)7(4-10)3-8(5)11/h3,10H,4H2,1-2H3. The second-order valence-electron chi connectivity index (χ2n) is 2.77. The first kappa shape index (κ1) is 8.87. The molecule has 0 aromatic heterocycles. The summed E-state index contributed by atoms with van der Waals surface area (Å²) in [5, 5.41) is 8.72. The van der Waals surface area contributed by atoms with Gasteiger partial charge in [-0.3, -0.25) is 9.59 Å². The maximum absolute atomic E-state index is 11.3. The van der Waals surface area contributed by atoms with Crippen molar-refractivity contribution in [2.75, 3.05) is 6.61 Å². The third-order valence-corrected chi connectivity index (χ3v) is 2.04. The van der Waals surface area contributed by atoms with Crippen LogP contribution in [0.4, 0.5) is 0 Å². The van der Waals surface area contributed by atoms with E-state index in [-0.39, 0.29) is 23.7 Å². The molecule has 0 heterocycles. The normalized spacial score (nSPS) is 18.4. The van der Waals surface area contributed by atoms with Crippen LogP contribution < -0.4 is 0 Å². The average Bonchev–Trinajstić information content (AvgIpc) is 2.08. The van der Waals surface area contributed by atoms with E-state index < -0.39 is 0 Å². The van der Waals surface area contributed by atoms with Crippen molar-refractivity contribution in [2.24, 2.45) is 0 Å². The Hall–Kier alpha value is -1.22. The van der Waals surface area contributed by atoms with Crippen molar-refractivity contribution in [2.45, 2.75) is 13.8 Å². The summed E-state index contributed by atoms with van der Waals surface area (Å²) in [6, 6.07) is 0. The Bertz CT molecular complexity index is 308. The van der Waals surface area contributed by atoms with Gasteiger partial charge in [-0.15, -0.1) is 0 Å². The Labute approximate surface area is 70.4 Å². The van der Waals surface area contributed by atoms with Crippen LogP contribution in [0, 0.1) is 0 Å². The second-order valence-corrected chi connectivity index (χ2v) is 2.77. The highest BCUT2D eigenvalue weighted by atomic mass is 16.3. The van der Waals surface area contributed by atoms with Gasteiger partial charge >= 0.3 is 0 Å². The molecule has 0 fully saturated rings. The van der Waals surface area contributed by atoms with Crippen molar-refractivity contribution in [1.82, 2.24) is 0 Å². The molecule has 0 bridgehead atoms. The van der Waals surface area contributed by atoms with Crippen LogP contribution in [0.3, 0.4) is 0 Å². The maximum Gasteiger partial charge on any atom is 0.187 e. The quantitative estimate of drug-likeness (QED) is 0.573. The van der Waals surface area contributed by atoms with Gasteiger partial charge in [0.15, 0.2) is 11.6 Å². The molecule has 64 valence electrons. The van der Waals surface area contributed by atoms with Gasteiger partial charge in [0.1, 0.15) is 0 Å². The third kappa shape index (κ3) is 1.23. The van der Waals surface area contributed by atoms with Gasteiger partial charge < -0.3 is 5.11 Å². The molecule has 0 saturated heterocycles. The predicted molar refractivity (Wildman–Crippen MR) is 43.6 cm³/mol. The molecule has 0 amide bonds. The zero-order valence-electron chi connectivity index (χ0n) is 7.05. The van der Waals surface area contributed by atoms with Gasteiger partial charge in [0.25, 0.3) is 0 Å². The molecule has 0 aliphatic heterocycles. The number of rotatable bonds is 1. The van der Waals surface area contributed by atoms with Crippen LogP contribution in [0.1, 0.15) is 13.8 Å². The monoisotopic (exact) mass is 166 g/mol. The number of aliphatic hydroxyl groups is 1. The van der Waals surface area contributed by atoms with Crippen LogP contribution in [0.2, 0.25) is 0 Å². The first-order valence-electron chi connectivity index (χ1n) is 3.66. The highest BCUT2D eigenvalue weighted by molar-refractivity contribution is 6.22. The highest BCUT2D eigenvalue weighted by Crippen LogP contribution is 2.17. The Kier molecular flexibility index (Phi) is 2.24. The SMILES string of the molecule is CC1=C(C)C(=O)C(CO)=CC1=O. The minimum Gasteiger partial charge on any atom is -0.392 e. The van der Waals surface area contributed by atoms with E-state index in [1.165, 1.54) is 6.08 Å². The number of ketones is 2. The largest absolute Gasteiger partial charge is 0.392 e. The topological polar surface area (TPSA) is 54.4 Å². The van der Waals surface area contributed by atoms with E-state index in [1.54, 1.807) is 13.8 Å². The summed E-state index contributed by atoms with van der Waals surface area (Å²) in [4.78, 5) is 22.4. The summed E-state index contributed by atoms with van der Waals surface area (Å²) >= 11 is 0. The lowest BCUT2D eigenvalue weighted by Crippen LogP contribution is -2.18. The van der Waals surface area contributed by atoms with Crippen LogP contribution in [0.15, 0.2) is 22.8 Å². The number of Topliss-reactive ketones (excluding diaryl/α,β-unsaturated/α-hetero) is 1. The van der Waals surface area contributed by atoms with Crippen molar-refractivity contribution in [1.29, 1.82) is 0 Å². The lowest BCUT2D eigenvalue weighted by molar-refractivity contribution is -0.116. The molecule has 1 aliphatic carbocycles. The van der Waals surface area contributed by atoms with E-state index in [0.717, 1.165) is 0 Å². The fourth-order valence-corrected chi connectivity index (χ4v) is 1.05. The second kappa shape index (κ2) is 3.03. The fraction of sp³-hybridized carbons (Fsp3) is 0.333. The molecule has 3 heteroatoms. The van der Waals surface area contributed by atoms with Crippen LogP contribution >= 0.6 is 0 Å². The van der Waals surface area contributed by atoms with Crippen molar-refractivity contribution in [3.05, 3.63) is 22.8 Å². The molecule has 1 N–H and O–H groups in total. The van der Waals surface area contributed by atoms with Gasteiger partial charge in [-0.1, -0.05) is 0 Å². The average molecular weight is 166 g/mol. The van der Waals surface area contributed by atoms with E-state index in [1.807, 2.05) is 0 Å². The molecule has 0 radical (unpaired) electrons. The van der Waals surface area contributed by atoms with Gasteiger partial charge in [-0.25, -0.2) is 0 Å². The van der Waals surface area contributed by atoms with Gasteiger partial charge in [-0.05, 0) is 19.9 Å². The van der Waals surface area contributed by atoms with Crippen molar-refractivity contribution >= 4 is 11.6 Å². The Morgan fingerprint density at radius 2 is 1.83 bits per heavy atom. The summed E-state index contributed by atoms with van der Waals surface area (Å²) in [5.41, 5.74) is 1.09. The molecular formula is C9H10O3. The number of allylic oxidation sites excluding steroid dienone is 3. The van der Waals surface area contributed by atoms with E-state index in [2.05, 4.69) is 0 Å². The Balaban J connectivity index is 3.13. The number of aliphatic hydroxyl groups excluding tert-OH is 1. The molecule has 1 rings (SSSR count). The Morgan fingerprint density at radius 3 is 2.33 bits per heavy atom. The molecule has 0 atom stereocenters. The summed E-state index contributed by atoms with van der Waals surface area (Å²) < 4.78 is 0. The smallest absolute Gasteiger partial charge is 0.187 e. The zero-order chi connectivity index (χ0) is 9.30. The van der Waals surface area contributed by atoms with Crippen molar-refractivity contribution in [3.8, 4) is 0 Å². The zero-order valence-corrected chi connectivity index (χ0v) is 7.05. The number of carbonyl (C=O) groups excluding carboxylic acids is 2. The van der Waals surface area contributed by atoms with Gasteiger partial charge in [0.2, 0.25) is 0 Å². The molecule has 12 heavy (non-hydrogen) atoms. The lowest BCUT2D eigenvalue weighted by atomic mass is 9.92. The Morgan fingerprint density at radius 1 is 1.25 bits per heavy atom. The van der Waals surface area contributed by atoms with Gasteiger partial charge in [0, 0.05) is 16.7 Å². The molecular weight excluding hydrogens is 156 g/mol. The van der Waals surface area contributed by atoms with Crippen LogP contribution in [-0.2, 0) is 9.59 Å². The molecule has 0 unspecified atom stereocenters. The number of hydrogen-bond donors (Lipinski definition) is 1. The molecule has 0 spiro atoms. The number of hydrogen-bond acceptors (Lipinski definition) is 3. The predicted octanol–water partition coefficient (Wildman–Crippen LogP) is 0.393. The molecule has 1 aliphatic rings.